The molecule has 6 heteroatoms. The molecular weight excluding hydrogens is 312 g/mol. The Bertz CT molecular complexity index is 594. The van der Waals surface area contributed by atoms with Gasteiger partial charge in [-0.05, 0) is 42.6 Å². The van der Waals surface area contributed by atoms with Crippen molar-refractivity contribution in [1.29, 1.82) is 0 Å². The average Bonchev–Trinajstić information content (AvgIpc) is 2.98. The number of hydrogen-bond donors (Lipinski definition) is 1. The smallest absolute Gasteiger partial charge is 0.250 e. The van der Waals surface area contributed by atoms with Crippen LogP contribution in [-0.2, 0) is 4.79 Å². The first-order valence-corrected chi connectivity index (χ1v) is 8.15. The molecule has 0 saturated carbocycles. The normalized spacial score (nSPS) is 11.4. The van der Waals surface area contributed by atoms with Crippen molar-refractivity contribution < 1.29 is 4.79 Å². The molecule has 0 aliphatic carbocycles. The molecule has 0 aliphatic rings. The molecule has 2 rings (SSSR count). The molecule has 0 spiro atoms. The van der Waals surface area contributed by atoms with Gasteiger partial charge < -0.3 is 0 Å². The minimum absolute atomic E-state index is 0.124. The predicted molar refractivity (Wildman–Crippen MR) is 86.8 cm³/mol. The van der Waals surface area contributed by atoms with E-state index >= 15 is 0 Å². The third-order valence-corrected chi connectivity index (χ3v) is 4.65. The SMILES string of the molecule is C/C(=N\NC(=O)CSc1ccc(Cl)cc1)c1cccs1. The highest BCUT2D eigenvalue weighted by Gasteiger charge is 2.03. The molecule has 2 aromatic rings. The maximum Gasteiger partial charge on any atom is 0.250 e. The number of nitrogens with zero attached hydrogens (tertiary/aromatic N) is 1. The Kier molecular flexibility index (Phi) is 5.64. The van der Waals surface area contributed by atoms with Gasteiger partial charge in [0, 0.05) is 14.8 Å². The summed E-state index contributed by atoms with van der Waals surface area (Å²) in [6, 6.07) is 11.3. The van der Waals surface area contributed by atoms with E-state index < -0.39 is 0 Å². The molecule has 20 heavy (non-hydrogen) atoms. The van der Waals surface area contributed by atoms with Crippen LogP contribution in [0.3, 0.4) is 0 Å². The lowest BCUT2D eigenvalue weighted by molar-refractivity contribution is -0.118. The van der Waals surface area contributed by atoms with E-state index in [9.17, 15) is 4.79 Å². The molecule has 1 aromatic heterocycles. The van der Waals surface area contributed by atoms with Crippen LogP contribution in [0.15, 0.2) is 51.8 Å². The van der Waals surface area contributed by atoms with Crippen molar-refractivity contribution in [2.75, 3.05) is 5.75 Å². The Morgan fingerprint density at radius 3 is 2.75 bits per heavy atom. The lowest BCUT2D eigenvalue weighted by Crippen LogP contribution is -2.20. The summed E-state index contributed by atoms with van der Waals surface area (Å²) in [6.45, 7) is 1.87. The predicted octanol–water partition coefficient (Wildman–Crippen LogP) is 4.03. The number of carbonyl (C=O) groups is 1. The lowest BCUT2D eigenvalue weighted by Gasteiger charge is -2.02. The summed E-state index contributed by atoms with van der Waals surface area (Å²) in [7, 11) is 0. The van der Waals surface area contributed by atoms with Crippen LogP contribution in [0.4, 0.5) is 0 Å². The van der Waals surface area contributed by atoms with Crippen LogP contribution < -0.4 is 5.43 Å². The fourth-order valence-corrected chi connectivity index (χ4v) is 2.89. The fourth-order valence-electron chi connectivity index (χ4n) is 1.40. The number of hydrazone groups is 1. The number of amides is 1. The minimum Gasteiger partial charge on any atom is -0.272 e. The van der Waals surface area contributed by atoms with E-state index in [0.29, 0.717) is 10.8 Å². The van der Waals surface area contributed by atoms with Gasteiger partial charge in [-0.1, -0.05) is 17.7 Å². The van der Waals surface area contributed by atoms with Crippen LogP contribution in [0, 0.1) is 0 Å². The van der Waals surface area contributed by atoms with Crippen LogP contribution in [0.1, 0.15) is 11.8 Å². The average molecular weight is 325 g/mol. The van der Waals surface area contributed by atoms with Crippen molar-refractivity contribution in [3.63, 3.8) is 0 Å². The molecule has 0 fully saturated rings. The van der Waals surface area contributed by atoms with E-state index in [1.54, 1.807) is 23.5 Å². The Morgan fingerprint density at radius 1 is 1.35 bits per heavy atom. The Hall–Kier alpha value is -1.30. The van der Waals surface area contributed by atoms with Crippen LogP contribution in [0.5, 0.6) is 0 Å². The molecule has 0 saturated heterocycles. The van der Waals surface area contributed by atoms with Crippen LogP contribution in [-0.4, -0.2) is 17.4 Å². The standard InChI is InChI=1S/C14H13ClN2OS2/c1-10(13-3-2-8-19-13)16-17-14(18)9-20-12-6-4-11(15)5-7-12/h2-8H,9H2,1H3,(H,17,18)/b16-10+. The first-order chi connectivity index (χ1) is 9.65. The van der Waals surface area contributed by atoms with Crippen molar-refractivity contribution in [2.45, 2.75) is 11.8 Å². The second-order valence-corrected chi connectivity index (χ2v) is 6.38. The molecule has 0 bridgehead atoms. The molecule has 1 aromatic carbocycles. The van der Waals surface area contributed by atoms with E-state index in [2.05, 4.69) is 10.5 Å². The number of carbonyl (C=O) groups excluding carboxylic acids is 1. The van der Waals surface area contributed by atoms with E-state index in [1.165, 1.54) is 11.8 Å². The van der Waals surface area contributed by atoms with Gasteiger partial charge in [0.1, 0.15) is 0 Å². The Labute approximate surface area is 131 Å². The molecular formula is C14H13ClN2OS2. The lowest BCUT2D eigenvalue weighted by atomic mass is 10.3. The number of halogens is 1. The van der Waals surface area contributed by atoms with Gasteiger partial charge in [-0.2, -0.15) is 5.10 Å². The number of thiophene rings is 1. The summed E-state index contributed by atoms with van der Waals surface area (Å²) in [4.78, 5) is 13.8. The van der Waals surface area contributed by atoms with Crippen LogP contribution in [0.2, 0.25) is 5.02 Å². The first-order valence-electron chi connectivity index (χ1n) is 5.90. The maximum atomic E-state index is 11.7. The zero-order chi connectivity index (χ0) is 14.4. The van der Waals surface area contributed by atoms with E-state index in [4.69, 9.17) is 11.6 Å². The topological polar surface area (TPSA) is 41.5 Å². The van der Waals surface area contributed by atoms with E-state index in [-0.39, 0.29) is 5.91 Å². The monoisotopic (exact) mass is 324 g/mol. The number of thioether (sulfide) groups is 1. The number of nitrogens with one attached hydrogen (secondary N) is 1. The van der Waals surface area contributed by atoms with Gasteiger partial charge in [0.25, 0.3) is 0 Å². The van der Waals surface area contributed by atoms with Gasteiger partial charge in [0.05, 0.1) is 11.5 Å². The first kappa shape index (κ1) is 15.1. The highest BCUT2D eigenvalue weighted by Crippen LogP contribution is 2.19. The highest BCUT2D eigenvalue weighted by molar-refractivity contribution is 8.00. The summed E-state index contributed by atoms with van der Waals surface area (Å²) in [5.74, 6) is 0.198. The molecule has 0 unspecified atom stereocenters. The maximum absolute atomic E-state index is 11.7. The summed E-state index contributed by atoms with van der Waals surface area (Å²) in [5.41, 5.74) is 3.37. The zero-order valence-electron chi connectivity index (χ0n) is 10.8. The molecule has 0 aliphatic heterocycles. The largest absolute Gasteiger partial charge is 0.272 e. The second-order valence-electron chi connectivity index (χ2n) is 3.95. The van der Waals surface area contributed by atoms with Crippen molar-refractivity contribution in [3.05, 3.63) is 51.7 Å². The van der Waals surface area contributed by atoms with Gasteiger partial charge in [-0.15, -0.1) is 23.1 Å². The van der Waals surface area contributed by atoms with Crippen molar-refractivity contribution in [3.8, 4) is 0 Å². The van der Waals surface area contributed by atoms with E-state index in [0.717, 1.165) is 15.5 Å². The summed E-state index contributed by atoms with van der Waals surface area (Å²) >= 11 is 8.85. The summed E-state index contributed by atoms with van der Waals surface area (Å²) in [6.07, 6.45) is 0. The van der Waals surface area contributed by atoms with Gasteiger partial charge >= 0.3 is 0 Å². The van der Waals surface area contributed by atoms with Gasteiger partial charge in [0.2, 0.25) is 5.91 Å². The van der Waals surface area contributed by atoms with Crippen molar-refractivity contribution in [2.24, 2.45) is 5.10 Å². The molecule has 0 radical (unpaired) electrons. The highest BCUT2D eigenvalue weighted by atomic mass is 35.5. The third-order valence-electron chi connectivity index (χ3n) is 2.41. The second kappa shape index (κ2) is 7.47. The number of benzene rings is 1. The van der Waals surface area contributed by atoms with Crippen LogP contribution >= 0.6 is 34.7 Å². The molecule has 0 atom stereocenters. The van der Waals surface area contributed by atoms with Gasteiger partial charge in [-0.3, -0.25) is 4.79 Å². The van der Waals surface area contributed by atoms with Gasteiger partial charge in [-0.25, -0.2) is 5.43 Å². The third kappa shape index (κ3) is 4.67. The zero-order valence-corrected chi connectivity index (χ0v) is 13.2. The Morgan fingerprint density at radius 2 is 2.10 bits per heavy atom. The number of hydrogen-bond acceptors (Lipinski definition) is 4. The van der Waals surface area contributed by atoms with Crippen molar-refractivity contribution in [1.82, 2.24) is 5.43 Å². The fraction of sp³-hybridized carbons (Fsp3) is 0.143. The van der Waals surface area contributed by atoms with Crippen molar-refractivity contribution >= 4 is 46.3 Å². The summed E-state index contributed by atoms with van der Waals surface area (Å²) in [5, 5.41) is 6.75. The molecule has 1 heterocycles. The molecule has 3 nitrogen and oxygen atoms in total. The Balaban J connectivity index is 1.81. The number of rotatable bonds is 5. The molecule has 104 valence electrons. The molecule has 1 amide bonds. The minimum atomic E-state index is -0.124. The quantitative estimate of drug-likeness (QED) is 0.512. The van der Waals surface area contributed by atoms with E-state index in [1.807, 2.05) is 36.6 Å². The summed E-state index contributed by atoms with van der Waals surface area (Å²) < 4.78 is 0. The van der Waals surface area contributed by atoms with Crippen LogP contribution in [0.25, 0.3) is 0 Å². The van der Waals surface area contributed by atoms with Gasteiger partial charge in [0.15, 0.2) is 0 Å². The molecule has 1 N–H and O–H groups in total.